The number of amides is 1. The van der Waals surface area contributed by atoms with Crippen molar-refractivity contribution in [3.8, 4) is 5.75 Å². The third kappa shape index (κ3) is 4.85. The van der Waals surface area contributed by atoms with Crippen molar-refractivity contribution in [2.24, 2.45) is 0 Å². The number of hydrogen-bond donors (Lipinski definition) is 2. The number of carbonyl (C=O) groups excluding carboxylic acids is 1. The summed E-state index contributed by atoms with van der Waals surface area (Å²) in [7, 11) is 0. The smallest absolute Gasteiger partial charge is 0.433 e. The van der Waals surface area contributed by atoms with Gasteiger partial charge < -0.3 is 15.4 Å². The Labute approximate surface area is 183 Å². The number of pyridine rings is 1. The molecule has 0 spiro atoms. The molecule has 2 aromatic heterocycles. The minimum absolute atomic E-state index is 0.179. The third-order valence-corrected chi connectivity index (χ3v) is 5.19. The van der Waals surface area contributed by atoms with Gasteiger partial charge in [-0.25, -0.2) is 4.98 Å². The summed E-state index contributed by atoms with van der Waals surface area (Å²) < 4.78 is 46.7. The van der Waals surface area contributed by atoms with Gasteiger partial charge in [-0.1, -0.05) is 6.07 Å². The van der Waals surface area contributed by atoms with E-state index in [0.717, 1.165) is 49.0 Å². The molecule has 0 saturated carbocycles. The van der Waals surface area contributed by atoms with Crippen LogP contribution in [0.4, 0.5) is 18.9 Å². The molecule has 10 heteroatoms. The number of anilines is 1. The van der Waals surface area contributed by atoms with Gasteiger partial charge in [0.05, 0.1) is 23.3 Å². The van der Waals surface area contributed by atoms with E-state index in [0.29, 0.717) is 11.4 Å². The van der Waals surface area contributed by atoms with Crippen LogP contribution >= 0.6 is 0 Å². The molecule has 32 heavy (non-hydrogen) atoms. The summed E-state index contributed by atoms with van der Waals surface area (Å²) in [5, 5.41) is 11.5. The number of nitrogens with zero attached hydrogens (tertiary/aromatic N) is 3. The summed E-state index contributed by atoms with van der Waals surface area (Å²) >= 11 is 0. The van der Waals surface area contributed by atoms with E-state index in [1.54, 1.807) is 12.1 Å². The first-order valence-corrected chi connectivity index (χ1v) is 10.5. The summed E-state index contributed by atoms with van der Waals surface area (Å²) in [6.45, 7) is 5.54. The van der Waals surface area contributed by atoms with Crippen LogP contribution < -0.4 is 15.4 Å². The Balaban J connectivity index is 1.66. The maximum absolute atomic E-state index is 13.0. The van der Waals surface area contributed by atoms with Gasteiger partial charge >= 0.3 is 6.18 Å². The highest BCUT2D eigenvalue weighted by Crippen LogP contribution is 2.33. The quantitative estimate of drug-likeness (QED) is 0.606. The average Bonchev–Trinajstić information content (AvgIpc) is 3.16. The fourth-order valence-corrected chi connectivity index (χ4v) is 3.68. The number of halogens is 3. The molecule has 1 saturated heterocycles. The van der Waals surface area contributed by atoms with E-state index in [1.807, 2.05) is 24.7 Å². The van der Waals surface area contributed by atoms with Crippen molar-refractivity contribution in [3.63, 3.8) is 0 Å². The number of carbonyl (C=O) groups is 1. The zero-order valence-electron chi connectivity index (χ0n) is 17.7. The first-order chi connectivity index (χ1) is 15.2. The lowest BCUT2D eigenvalue weighted by molar-refractivity contribution is -0.141. The van der Waals surface area contributed by atoms with E-state index in [1.165, 1.54) is 6.07 Å². The van der Waals surface area contributed by atoms with Crippen LogP contribution in [0.3, 0.4) is 0 Å². The molecule has 4 rings (SSSR count). The second-order valence-corrected chi connectivity index (χ2v) is 8.02. The summed E-state index contributed by atoms with van der Waals surface area (Å²) in [5.74, 6) is -0.363. The van der Waals surface area contributed by atoms with Gasteiger partial charge in [-0.2, -0.15) is 18.3 Å². The Hall–Kier alpha value is -3.14. The summed E-state index contributed by atoms with van der Waals surface area (Å²) in [6.07, 6.45) is -0.962. The Kier molecular flexibility index (Phi) is 6.05. The number of benzene rings is 1. The number of hydrogen-bond acceptors (Lipinski definition) is 5. The first kappa shape index (κ1) is 22.1. The summed E-state index contributed by atoms with van der Waals surface area (Å²) in [5.41, 5.74) is -0.391. The van der Waals surface area contributed by atoms with Crippen LogP contribution in [-0.2, 0) is 6.18 Å². The molecule has 2 N–H and O–H groups in total. The van der Waals surface area contributed by atoms with Gasteiger partial charge in [0.1, 0.15) is 17.1 Å². The zero-order chi connectivity index (χ0) is 22.9. The second kappa shape index (κ2) is 8.78. The molecular weight excluding hydrogens is 423 g/mol. The van der Waals surface area contributed by atoms with E-state index in [9.17, 15) is 18.0 Å². The van der Waals surface area contributed by atoms with Crippen LogP contribution in [0.25, 0.3) is 10.9 Å². The largest absolute Gasteiger partial charge is 0.489 e. The van der Waals surface area contributed by atoms with E-state index < -0.39 is 17.8 Å². The zero-order valence-corrected chi connectivity index (χ0v) is 17.7. The number of aromatic nitrogens is 3. The fourth-order valence-electron chi connectivity index (χ4n) is 3.68. The normalized spacial score (nSPS) is 15.3. The standard InChI is InChI=1S/C22H24F3N5O2/c1-13(2)32-19-11-17-14(12-30(29-17)15-6-8-26-9-7-15)10-18(19)28-21(31)16-4-3-5-20(27-16)22(23,24)25/h3-5,10-13,15,26H,6-9H2,1-2H3,(H,28,31). The number of piperidine rings is 1. The van der Waals surface area contributed by atoms with Gasteiger partial charge in [-0.05, 0) is 58.0 Å². The van der Waals surface area contributed by atoms with Crippen molar-refractivity contribution >= 4 is 22.5 Å². The molecule has 1 aromatic carbocycles. The molecule has 3 heterocycles. The lowest BCUT2D eigenvalue weighted by Crippen LogP contribution is -2.29. The van der Waals surface area contributed by atoms with Gasteiger partial charge in [-0.3, -0.25) is 9.48 Å². The van der Waals surface area contributed by atoms with E-state index in [-0.39, 0.29) is 17.8 Å². The van der Waals surface area contributed by atoms with Crippen molar-refractivity contribution in [2.75, 3.05) is 18.4 Å². The van der Waals surface area contributed by atoms with Crippen LogP contribution in [0, 0.1) is 0 Å². The van der Waals surface area contributed by atoms with Gasteiger partial charge in [-0.15, -0.1) is 0 Å². The van der Waals surface area contributed by atoms with Gasteiger partial charge in [0.2, 0.25) is 0 Å². The monoisotopic (exact) mass is 447 g/mol. The Morgan fingerprint density at radius 2 is 2.00 bits per heavy atom. The van der Waals surface area contributed by atoms with E-state index >= 15 is 0 Å². The Bertz CT molecular complexity index is 1120. The molecule has 1 aliphatic heterocycles. The van der Waals surface area contributed by atoms with Crippen molar-refractivity contribution in [1.29, 1.82) is 0 Å². The SMILES string of the molecule is CC(C)Oc1cc2nn(C3CCNCC3)cc2cc1NC(=O)c1cccc(C(F)(F)F)n1. The molecule has 0 aliphatic carbocycles. The third-order valence-electron chi connectivity index (χ3n) is 5.19. The fraction of sp³-hybridized carbons (Fsp3) is 0.409. The lowest BCUT2D eigenvalue weighted by atomic mass is 10.1. The highest BCUT2D eigenvalue weighted by molar-refractivity contribution is 6.05. The minimum atomic E-state index is -4.63. The van der Waals surface area contributed by atoms with Crippen LogP contribution in [-0.4, -0.2) is 39.9 Å². The maximum Gasteiger partial charge on any atom is 0.433 e. The molecular formula is C22H24F3N5O2. The average molecular weight is 447 g/mol. The molecule has 7 nitrogen and oxygen atoms in total. The highest BCUT2D eigenvalue weighted by Gasteiger charge is 2.33. The van der Waals surface area contributed by atoms with Crippen LogP contribution in [0.1, 0.15) is 48.9 Å². The molecule has 170 valence electrons. The summed E-state index contributed by atoms with van der Waals surface area (Å²) in [6, 6.07) is 6.96. The van der Waals surface area contributed by atoms with E-state index in [4.69, 9.17) is 4.74 Å². The van der Waals surface area contributed by atoms with Crippen LogP contribution in [0.15, 0.2) is 36.5 Å². The second-order valence-electron chi connectivity index (χ2n) is 8.02. The van der Waals surface area contributed by atoms with Crippen molar-refractivity contribution in [2.45, 2.75) is 45.0 Å². The molecule has 1 aliphatic rings. The predicted molar refractivity (Wildman–Crippen MR) is 114 cm³/mol. The van der Waals surface area contributed by atoms with Crippen molar-refractivity contribution < 1.29 is 22.7 Å². The molecule has 0 atom stereocenters. The highest BCUT2D eigenvalue weighted by atomic mass is 19.4. The number of rotatable bonds is 5. The lowest BCUT2D eigenvalue weighted by Gasteiger charge is -2.22. The van der Waals surface area contributed by atoms with Crippen LogP contribution in [0.2, 0.25) is 0 Å². The predicted octanol–water partition coefficient (Wildman–Crippen LogP) is 4.41. The molecule has 3 aromatic rings. The summed E-state index contributed by atoms with van der Waals surface area (Å²) in [4.78, 5) is 16.2. The Morgan fingerprint density at radius 3 is 2.69 bits per heavy atom. The molecule has 0 bridgehead atoms. The number of alkyl halides is 3. The van der Waals surface area contributed by atoms with Gasteiger partial charge in [0, 0.05) is 17.6 Å². The van der Waals surface area contributed by atoms with Crippen molar-refractivity contribution in [1.82, 2.24) is 20.1 Å². The molecule has 1 fully saturated rings. The number of nitrogens with one attached hydrogen (secondary N) is 2. The first-order valence-electron chi connectivity index (χ1n) is 10.5. The van der Waals surface area contributed by atoms with Crippen molar-refractivity contribution in [3.05, 3.63) is 47.9 Å². The topological polar surface area (TPSA) is 81.1 Å². The molecule has 0 radical (unpaired) electrons. The maximum atomic E-state index is 13.0. The van der Waals surface area contributed by atoms with Crippen LogP contribution in [0.5, 0.6) is 5.75 Å². The van der Waals surface area contributed by atoms with Gasteiger partial charge in [0.15, 0.2) is 0 Å². The van der Waals surface area contributed by atoms with E-state index in [2.05, 4.69) is 20.7 Å². The minimum Gasteiger partial charge on any atom is -0.489 e. The molecule has 0 unspecified atom stereocenters. The number of ether oxygens (including phenoxy) is 1. The van der Waals surface area contributed by atoms with Gasteiger partial charge in [0.25, 0.3) is 5.91 Å². The number of fused-ring (bicyclic) bond motifs is 1. The molecule has 1 amide bonds. The Morgan fingerprint density at radius 1 is 1.25 bits per heavy atom.